The quantitative estimate of drug-likeness (QED) is 0.835. The molecule has 0 N–H and O–H groups in total. The van der Waals surface area contributed by atoms with E-state index in [2.05, 4.69) is 20.8 Å². The summed E-state index contributed by atoms with van der Waals surface area (Å²) in [6.45, 7) is 3.08. The fraction of sp³-hybridized carbons (Fsp3) is 0.500. The monoisotopic (exact) mass is 269 g/mol. The number of benzene rings is 1. The molecule has 82 valence electrons. The summed E-state index contributed by atoms with van der Waals surface area (Å²) in [5, 5.41) is 0. The maximum Gasteiger partial charge on any atom is 0.142 e. The van der Waals surface area contributed by atoms with Crippen LogP contribution in [-0.4, -0.2) is 24.7 Å². The number of rotatable bonds is 3. The van der Waals surface area contributed by atoms with Crippen molar-refractivity contribution in [3.63, 3.8) is 0 Å². The van der Waals surface area contributed by atoms with E-state index in [0.717, 1.165) is 17.0 Å². The molecule has 0 aliphatic carbocycles. The molecule has 1 heterocycles. The van der Waals surface area contributed by atoms with E-state index in [1.807, 2.05) is 24.3 Å². The molecule has 0 spiro atoms. The zero-order valence-corrected chi connectivity index (χ0v) is 10.4. The highest BCUT2D eigenvalue weighted by Crippen LogP contribution is 2.17. The van der Waals surface area contributed by atoms with Crippen molar-refractivity contribution in [3.05, 3.63) is 28.7 Å². The largest absolute Gasteiger partial charge is 0.478 e. The maximum absolute atomic E-state index is 5.71. The molecule has 0 unspecified atom stereocenters. The van der Waals surface area contributed by atoms with Crippen molar-refractivity contribution in [1.82, 2.24) is 4.90 Å². The fourth-order valence-corrected chi connectivity index (χ4v) is 2.05. The van der Waals surface area contributed by atoms with Gasteiger partial charge in [0, 0.05) is 17.6 Å². The van der Waals surface area contributed by atoms with Gasteiger partial charge in [-0.25, -0.2) is 0 Å². The summed E-state index contributed by atoms with van der Waals surface area (Å²) < 4.78 is 6.80. The van der Waals surface area contributed by atoms with Gasteiger partial charge in [0.25, 0.3) is 0 Å². The van der Waals surface area contributed by atoms with Crippen LogP contribution in [0.2, 0.25) is 0 Å². The maximum atomic E-state index is 5.71. The molecule has 1 aliphatic rings. The number of piperidine rings is 1. The van der Waals surface area contributed by atoms with E-state index in [9.17, 15) is 0 Å². The standard InChI is InChI=1S/C12H16BrNO/c13-11-4-6-12(7-5-11)15-10-14-8-2-1-3-9-14/h4-7H,1-3,8-10H2. The lowest BCUT2D eigenvalue weighted by atomic mass is 10.1. The third kappa shape index (κ3) is 3.50. The van der Waals surface area contributed by atoms with Crippen LogP contribution in [0.25, 0.3) is 0 Å². The normalized spacial score (nSPS) is 17.7. The summed E-state index contributed by atoms with van der Waals surface area (Å²) in [5.74, 6) is 0.948. The minimum Gasteiger partial charge on any atom is -0.478 e. The third-order valence-corrected chi connectivity index (χ3v) is 3.20. The second-order valence-corrected chi connectivity index (χ2v) is 4.82. The van der Waals surface area contributed by atoms with Gasteiger partial charge in [-0.05, 0) is 37.1 Å². The number of likely N-dealkylation sites (tertiary alicyclic amines) is 1. The summed E-state index contributed by atoms with van der Waals surface area (Å²) in [4.78, 5) is 2.37. The van der Waals surface area contributed by atoms with Crippen molar-refractivity contribution in [3.8, 4) is 5.75 Å². The van der Waals surface area contributed by atoms with Crippen LogP contribution in [0.3, 0.4) is 0 Å². The fourth-order valence-electron chi connectivity index (χ4n) is 1.79. The first-order valence-corrected chi connectivity index (χ1v) is 6.24. The lowest BCUT2D eigenvalue weighted by molar-refractivity contribution is 0.106. The first-order valence-electron chi connectivity index (χ1n) is 5.45. The Morgan fingerprint density at radius 2 is 1.73 bits per heavy atom. The predicted molar refractivity (Wildman–Crippen MR) is 65.1 cm³/mol. The van der Waals surface area contributed by atoms with Crippen LogP contribution >= 0.6 is 15.9 Å². The predicted octanol–water partition coefficient (Wildman–Crippen LogP) is 3.27. The summed E-state index contributed by atoms with van der Waals surface area (Å²) in [7, 11) is 0. The molecular weight excluding hydrogens is 254 g/mol. The van der Waals surface area contributed by atoms with Crippen molar-refractivity contribution in [2.45, 2.75) is 19.3 Å². The van der Waals surface area contributed by atoms with Gasteiger partial charge in [0.15, 0.2) is 0 Å². The van der Waals surface area contributed by atoms with E-state index in [1.165, 1.54) is 32.4 Å². The molecule has 0 atom stereocenters. The molecule has 0 aromatic heterocycles. The van der Waals surface area contributed by atoms with Crippen molar-refractivity contribution in [1.29, 1.82) is 0 Å². The second-order valence-electron chi connectivity index (χ2n) is 3.91. The minimum absolute atomic E-state index is 0.724. The van der Waals surface area contributed by atoms with Crippen LogP contribution in [-0.2, 0) is 0 Å². The van der Waals surface area contributed by atoms with E-state index < -0.39 is 0 Å². The Bertz CT molecular complexity index is 293. The number of nitrogens with zero attached hydrogens (tertiary/aromatic N) is 1. The summed E-state index contributed by atoms with van der Waals surface area (Å²) in [5.41, 5.74) is 0. The highest BCUT2D eigenvalue weighted by molar-refractivity contribution is 9.10. The van der Waals surface area contributed by atoms with Crippen LogP contribution in [0.1, 0.15) is 19.3 Å². The Morgan fingerprint density at radius 3 is 2.40 bits per heavy atom. The minimum atomic E-state index is 0.724. The Kier molecular flexibility index (Phi) is 4.03. The molecule has 0 radical (unpaired) electrons. The zero-order valence-electron chi connectivity index (χ0n) is 8.79. The number of halogens is 1. The van der Waals surface area contributed by atoms with Gasteiger partial charge in [0.1, 0.15) is 12.5 Å². The SMILES string of the molecule is Brc1ccc(OCN2CCCCC2)cc1. The average molecular weight is 270 g/mol. The highest BCUT2D eigenvalue weighted by Gasteiger charge is 2.09. The van der Waals surface area contributed by atoms with Gasteiger partial charge >= 0.3 is 0 Å². The Hall–Kier alpha value is -0.540. The van der Waals surface area contributed by atoms with Crippen molar-refractivity contribution < 1.29 is 4.74 Å². The second kappa shape index (κ2) is 5.52. The first kappa shape index (κ1) is 11.0. The zero-order chi connectivity index (χ0) is 10.5. The van der Waals surface area contributed by atoms with Crippen molar-refractivity contribution in [2.75, 3.05) is 19.8 Å². The van der Waals surface area contributed by atoms with Crippen LogP contribution in [0.5, 0.6) is 5.75 Å². The number of ether oxygens (including phenoxy) is 1. The van der Waals surface area contributed by atoms with Gasteiger partial charge in [-0.15, -0.1) is 0 Å². The van der Waals surface area contributed by atoms with Gasteiger partial charge in [-0.3, -0.25) is 4.90 Å². The van der Waals surface area contributed by atoms with E-state index in [1.54, 1.807) is 0 Å². The Balaban J connectivity index is 1.79. The lowest BCUT2D eigenvalue weighted by Crippen LogP contribution is -2.33. The molecule has 1 aromatic carbocycles. The van der Waals surface area contributed by atoms with Crippen LogP contribution in [0.15, 0.2) is 28.7 Å². The van der Waals surface area contributed by atoms with E-state index in [4.69, 9.17) is 4.74 Å². The molecule has 0 bridgehead atoms. The number of hydrogen-bond donors (Lipinski definition) is 0. The number of hydrogen-bond acceptors (Lipinski definition) is 2. The molecule has 1 aliphatic heterocycles. The van der Waals surface area contributed by atoms with Gasteiger partial charge in [0.2, 0.25) is 0 Å². The molecule has 1 saturated heterocycles. The topological polar surface area (TPSA) is 12.5 Å². The van der Waals surface area contributed by atoms with E-state index in [0.29, 0.717) is 0 Å². The molecule has 2 nitrogen and oxygen atoms in total. The van der Waals surface area contributed by atoms with Gasteiger partial charge in [-0.2, -0.15) is 0 Å². The Labute approximate surface area is 99.4 Å². The molecule has 0 saturated carbocycles. The van der Waals surface area contributed by atoms with Gasteiger partial charge in [0.05, 0.1) is 0 Å². The third-order valence-electron chi connectivity index (χ3n) is 2.68. The molecule has 1 fully saturated rings. The lowest BCUT2D eigenvalue weighted by Gasteiger charge is -2.26. The first-order chi connectivity index (χ1) is 7.34. The van der Waals surface area contributed by atoms with Gasteiger partial charge < -0.3 is 4.74 Å². The highest BCUT2D eigenvalue weighted by atomic mass is 79.9. The average Bonchev–Trinajstić information content (AvgIpc) is 2.30. The van der Waals surface area contributed by atoms with Crippen LogP contribution < -0.4 is 4.74 Å². The molecular formula is C12H16BrNO. The molecule has 2 rings (SSSR count). The van der Waals surface area contributed by atoms with Gasteiger partial charge in [-0.1, -0.05) is 22.4 Å². The summed E-state index contributed by atoms with van der Waals surface area (Å²) in [6.07, 6.45) is 3.99. The van der Waals surface area contributed by atoms with Crippen molar-refractivity contribution in [2.24, 2.45) is 0 Å². The van der Waals surface area contributed by atoms with E-state index in [-0.39, 0.29) is 0 Å². The van der Waals surface area contributed by atoms with E-state index >= 15 is 0 Å². The molecule has 1 aromatic rings. The molecule has 15 heavy (non-hydrogen) atoms. The Morgan fingerprint density at radius 1 is 1.07 bits per heavy atom. The van der Waals surface area contributed by atoms with Crippen molar-refractivity contribution >= 4 is 15.9 Å². The molecule has 3 heteroatoms. The summed E-state index contributed by atoms with van der Waals surface area (Å²) >= 11 is 3.41. The molecule has 0 amide bonds. The summed E-state index contributed by atoms with van der Waals surface area (Å²) in [6, 6.07) is 8.00. The smallest absolute Gasteiger partial charge is 0.142 e. The van der Waals surface area contributed by atoms with Crippen LogP contribution in [0, 0.1) is 0 Å². The van der Waals surface area contributed by atoms with Crippen LogP contribution in [0.4, 0.5) is 0 Å².